The second-order valence-electron chi connectivity index (χ2n) is 8.55. The predicted octanol–water partition coefficient (Wildman–Crippen LogP) is 3.38. The summed E-state index contributed by atoms with van der Waals surface area (Å²) in [7, 11) is 1.96. The number of halogens is 1. The number of carbonyl (C=O) groups excluding carboxylic acids is 1. The van der Waals surface area contributed by atoms with Crippen LogP contribution in [0.25, 0.3) is 0 Å². The summed E-state index contributed by atoms with van der Waals surface area (Å²) < 4.78 is 13.1. The number of aryl methyl sites for hydroxylation is 1. The van der Waals surface area contributed by atoms with Crippen molar-refractivity contribution in [2.45, 2.75) is 57.6 Å². The first-order chi connectivity index (χ1) is 14.4. The maximum atomic E-state index is 13.1. The number of aromatic nitrogens is 2. The smallest absolute Gasteiger partial charge is 0.274 e. The van der Waals surface area contributed by atoms with Crippen molar-refractivity contribution in [3.05, 3.63) is 53.1 Å². The van der Waals surface area contributed by atoms with Crippen LogP contribution in [-0.4, -0.2) is 63.3 Å². The monoisotopic (exact) mass is 416 g/mol. The number of nitrogens with zero attached hydrogens (tertiary/aromatic N) is 3. The van der Waals surface area contributed by atoms with E-state index in [4.69, 9.17) is 0 Å². The summed E-state index contributed by atoms with van der Waals surface area (Å²) in [6.07, 6.45) is 4.99. The van der Waals surface area contributed by atoms with Crippen LogP contribution in [0.3, 0.4) is 0 Å². The van der Waals surface area contributed by atoms with Gasteiger partial charge in [0.2, 0.25) is 0 Å². The number of aromatic amines is 1. The maximum Gasteiger partial charge on any atom is 0.274 e. The van der Waals surface area contributed by atoms with E-state index in [-0.39, 0.29) is 11.7 Å². The van der Waals surface area contributed by atoms with E-state index in [0.717, 1.165) is 36.9 Å². The van der Waals surface area contributed by atoms with E-state index >= 15 is 0 Å². The van der Waals surface area contributed by atoms with Gasteiger partial charge in [-0.2, -0.15) is 5.10 Å². The second kappa shape index (κ2) is 10.2. The Labute approximate surface area is 178 Å². The molecule has 7 heteroatoms. The van der Waals surface area contributed by atoms with Gasteiger partial charge < -0.3 is 10.0 Å². The Hall–Kier alpha value is -2.25. The van der Waals surface area contributed by atoms with Gasteiger partial charge in [-0.3, -0.25) is 14.8 Å². The Morgan fingerprint density at radius 1 is 1.30 bits per heavy atom. The third-order valence-corrected chi connectivity index (χ3v) is 5.78. The molecule has 0 radical (unpaired) electrons. The average Bonchev–Trinajstić information content (AvgIpc) is 3.10. The SMILES string of the molecule is CCCCc1cc(C(=O)N2CCCC(O)(CN(C)Cc3ccc(F)cc3)CC2)n[nH]1. The Bertz CT molecular complexity index is 823. The Morgan fingerprint density at radius 3 is 2.80 bits per heavy atom. The molecule has 1 saturated heterocycles. The molecular weight excluding hydrogens is 383 g/mol. The Kier molecular flexibility index (Phi) is 7.61. The summed E-state index contributed by atoms with van der Waals surface area (Å²) in [5.74, 6) is -0.319. The van der Waals surface area contributed by atoms with Crippen LogP contribution in [0.15, 0.2) is 30.3 Å². The van der Waals surface area contributed by atoms with Gasteiger partial charge in [0.15, 0.2) is 0 Å². The van der Waals surface area contributed by atoms with E-state index in [2.05, 4.69) is 22.0 Å². The summed E-state index contributed by atoms with van der Waals surface area (Å²) >= 11 is 0. The van der Waals surface area contributed by atoms with E-state index in [9.17, 15) is 14.3 Å². The minimum atomic E-state index is -0.846. The van der Waals surface area contributed by atoms with Crippen molar-refractivity contribution in [3.8, 4) is 0 Å². The number of amides is 1. The fourth-order valence-electron chi connectivity index (χ4n) is 4.13. The molecule has 0 saturated carbocycles. The molecule has 2 heterocycles. The van der Waals surface area contributed by atoms with Gasteiger partial charge in [0, 0.05) is 31.9 Å². The number of likely N-dealkylation sites (N-methyl/N-ethyl adjacent to an activating group) is 1. The first-order valence-electron chi connectivity index (χ1n) is 10.9. The lowest BCUT2D eigenvalue weighted by atomic mass is 9.94. The lowest BCUT2D eigenvalue weighted by Gasteiger charge is -2.31. The molecule has 3 rings (SSSR count). The summed E-state index contributed by atoms with van der Waals surface area (Å²) in [5.41, 5.74) is 1.61. The van der Waals surface area contributed by atoms with Gasteiger partial charge in [0.05, 0.1) is 5.60 Å². The first-order valence-corrected chi connectivity index (χ1v) is 10.9. The molecule has 1 aliphatic heterocycles. The van der Waals surface area contributed by atoms with E-state index < -0.39 is 5.60 Å². The third-order valence-electron chi connectivity index (χ3n) is 5.78. The highest BCUT2D eigenvalue weighted by atomic mass is 19.1. The largest absolute Gasteiger partial charge is 0.388 e. The van der Waals surface area contributed by atoms with Gasteiger partial charge in [-0.1, -0.05) is 25.5 Å². The van der Waals surface area contributed by atoms with Crippen LogP contribution >= 0.6 is 0 Å². The van der Waals surface area contributed by atoms with Gasteiger partial charge in [-0.05, 0) is 62.9 Å². The lowest BCUT2D eigenvalue weighted by molar-refractivity contribution is -0.00402. The second-order valence-corrected chi connectivity index (χ2v) is 8.55. The average molecular weight is 417 g/mol. The fourth-order valence-corrected chi connectivity index (χ4v) is 4.13. The molecule has 0 aliphatic carbocycles. The fraction of sp³-hybridized carbons (Fsp3) is 0.565. The Morgan fingerprint density at radius 2 is 2.07 bits per heavy atom. The molecule has 30 heavy (non-hydrogen) atoms. The standard InChI is InChI=1S/C23H33FN4O2/c1-3-4-6-20-15-21(26-25-20)22(29)28-13-5-11-23(30,12-14-28)17-27(2)16-18-7-9-19(24)10-8-18/h7-10,15,30H,3-6,11-14,16-17H2,1-2H3,(H,25,26). The third kappa shape index (κ3) is 6.12. The lowest BCUT2D eigenvalue weighted by Crippen LogP contribution is -2.42. The van der Waals surface area contributed by atoms with E-state index in [1.165, 1.54) is 12.1 Å². The number of hydrogen-bond acceptors (Lipinski definition) is 4. The van der Waals surface area contributed by atoms with Crippen LogP contribution in [-0.2, 0) is 13.0 Å². The number of H-pyrrole nitrogens is 1. The van der Waals surface area contributed by atoms with Crippen molar-refractivity contribution < 1.29 is 14.3 Å². The van der Waals surface area contributed by atoms with Crippen LogP contribution in [0.5, 0.6) is 0 Å². The summed E-state index contributed by atoms with van der Waals surface area (Å²) in [6.45, 7) is 4.42. The van der Waals surface area contributed by atoms with Gasteiger partial charge in [-0.15, -0.1) is 0 Å². The number of unbranched alkanes of at least 4 members (excludes halogenated alkanes) is 1. The van der Waals surface area contributed by atoms with Crippen LogP contribution in [0.1, 0.15) is 60.8 Å². The molecule has 1 amide bonds. The van der Waals surface area contributed by atoms with Gasteiger partial charge in [0.1, 0.15) is 11.5 Å². The van der Waals surface area contributed by atoms with Crippen LogP contribution in [0, 0.1) is 5.82 Å². The van der Waals surface area contributed by atoms with Crippen molar-refractivity contribution in [1.29, 1.82) is 0 Å². The number of aliphatic hydroxyl groups is 1. The zero-order chi connectivity index (χ0) is 21.6. The predicted molar refractivity (Wildman–Crippen MR) is 115 cm³/mol. The molecule has 0 bridgehead atoms. The summed E-state index contributed by atoms with van der Waals surface area (Å²) in [6, 6.07) is 8.29. The molecule has 0 spiro atoms. The van der Waals surface area contributed by atoms with Gasteiger partial charge >= 0.3 is 0 Å². The zero-order valence-corrected chi connectivity index (χ0v) is 18.0. The molecule has 1 aliphatic rings. The van der Waals surface area contributed by atoms with Crippen LogP contribution < -0.4 is 0 Å². The summed E-state index contributed by atoms with van der Waals surface area (Å²) in [5, 5.41) is 18.3. The Balaban J connectivity index is 1.54. The molecular formula is C23H33FN4O2. The number of nitrogens with one attached hydrogen (secondary N) is 1. The molecule has 164 valence electrons. The van der Waals surface area contributed by atoms with E-state index in [0.29, 0.717) is 44.7 Å². The first kappa shape index (κ1) is 22.4. The van der Waals surface area contributed by atoms with Gasteiger partial charge in [0.25, 0.3) is 5.91 Å². The molecule has 1 atom stereocenters. The van der Waals surface area contributed by atoms with Crippen LogP contribution in [0.4, 0.5) is 4.39 Å². The highest BCUT2D eigenvalue weighted by Crippen LogP contribution is 2.25. The van der Waals surface area contributed by atoms with E-state index in [1.54, 1.807) is 17.0 Å². The molecule has 1 aromatic carbocycles. The minimum Gasteiger partial charge on any atom is -0.388 e. The molecule has 1 fully saturated rings. The van der Waals surface area contributed by atoms with E-state index in [1.807, 2.05) is 13.1 Å². The van der Waals surface area contributed by atoms with Crippen molar-refractivity contribution in [2.75, 3.05) is 26.7 Å². The normalized spacial score (nSPS) is 19.8. The highest BCUT2D eigenvalue weighted by molar-refractivity contribution is 5.92. The maximum absolute atomic E-state index is 13.1. The molecule has 2 N–H and O–H groups in total. The van der Waals surface area contributed by atoms with Crippen molar-refractivity contribution in [2.24, 2.45) is 0 Å². The number of benzene rings is 1. The molecule has 2 aromatic rings. The van der Waals surface area contributed by atoms with Crippen LogP contribution in [0.2, 0.25) is 0 Å². The quantitative estimate of drug-likeness (QED) is 0.692. The molecule has 1 aromatic heterocycles. The highest BCUT2D eigenvalue weighted by Gasteiger charge is 2.33. The molecule has 6 nitrogen and oxygen atoms in total. The zero-order valence-electron chi connectivity index (χ0n) is 18.0. The van der Waals surface area contributed by atoms with Crippen molar-refractivity contribution in [3.63, 3.8) is 0 Å². The number of carbonyl (C=O) groups is 1. The minimum absolute atomic E-state index is 0.0714. The topological polar surface area (TPSA) is 72.5 Å². The van der Waals surface area contributed by atoms with Gasteiger partial charge in [-0.25, -0.2) is 4.39 Å². The number of likely N-dealkylation sites (tertiary alicyclic amines) is 1. The van der Waals surface area contributed by atoms with Crippen molar-refractivity contribution in [1.82, 2.24) is 20.0 Å². The van der Waals surface area contributed by atoms with Crippen molar-refractivity contribution >= 4 is 5.91 Å². The number of hydrogen-bond donors (Lipinski definition) is 2. The molecule has 1 unspecified atom stereocenters. The number of rotatable bonds is 8. The summed E-state index contributed by atoms with van der Waals surface area (Å²) in [4.78, 5) is 16.7.